The van der Waals surface area contributed by atoms with E-state index < -0.39 is 8.24 Å². The maximum atomic E-state index is 4.14. The number of hydrogen-bond acceptors (Lipinski definition) is 2. The Morgan fingerprint density at radius 3 is 2.32 bits per heavy atom. The SMILES string of the molecule is CC1CC2C(CC1C)C([Si](C)(C)Nc1ccccc1)C1SC3CCCCC3C21. The summed E-state index contributed by atoms with van der Waals surface area (Å²) in [6, 6.07) is 11.1. The topological polar surface area (TPSA) is 12.0 Å². The molecule has 5 rings (SSSR count). The van der Waals surface area contributed by atoms with E-state index in [0.29, 0.717) is 0 Å². The number of benzene rings is 1. The molecule has 28 heavy (non-hydrogen) atoms. The van der Waals surface area contributed by atoms with Gasteiger partial charge in [0.1, 0.15) is 0 Å². The number of thioether (sulfide) groups is 1. The Morgan fingerprint density at radius 2 is 1.57 bits per heavy atom. The molecule has 1 saturated heterocycles. The number of para-hydroxylation sites is 1. The zero-order chi connectivity index (χ0) is 19.5. The second kappa shape index (κ2) is 7.37. The monoisotopic (exact) mass is 413 g/mol. The first kappa shape index (κ1) is 19.5. The minimum atomic E-state index is -1.59. The Labute approximate surface area is 177 Å². The van der Waals surface area contributed by atoms with Crippen molar-refractivity contribution in [1.82, 2.24) is 0 Å². The summed E-state index contributed by atoms with van der Waals surface area (Å²) in [4.78, 5) is 4.14. The van der Waals surface area contributed by atoms with Crippen LogP contribution in [0.15, 0.2) is 30.3 Å². The van der Waals surface area contributed by atoms with Gasteiger partial charge in [-0.2, -0.15) is 11.8 Å². The second-order valence-corrected chi connectivity index (χ2v) is 16.9. The van der Waals surface area contributed by atoms with Crippen LogP contribution in [-0.2, 0) is 0 Å². The van der Waals surface area contributed by atoms with Gasteiger partial charge in [0.05, 0.1) is 0 Å². The maximum absolute atomic E-state index is 4.14. The maximum Gasteiger partial charge on any atom is 0.151 e. The van der Waals surface area contributed by atoms with Gasteiger partial charge in [0.25, 0.3) is 0 Å². The molecule has 1 aromatic rings. The van der Waals surface area contributed by atoms with Crippen LogP contribution in [0.25, 0.3) is 0 Å². The first-order chi connectivity index (χ1) is 13.5. The Bertz CT molecular complexity index is 691. The third-order valence-corrected chi connectivity index (χ3v) is 14.6. The zero-order valence-electron chi connectivity index (χ0n) is 18.2. The summed E-state index contributed by atoms with van der Waals surface area (Å²) < 4.78 is 0. The summed E-state index contributed by atoms with van der Waals surface area (Å²) in [6.07, 6.45) is 9.04. The van der Waals surface area contributed by atoms with E-state index in [9.17, 15) is 0 Å². The number of nitrogens with one attached hydrogen (secondary N) is 1. The predicted molar refractivity (Wildman–Crippen MR) is 126 cm³/mol. The highest BCUT2D eigenvalue weighted by atomic mass is 32.2. The van der Waals surface area contributed by atoms with Gasteiger partial charge in [-0.05, 0) is 78.9 Å². The molecule has 0 bridgehead atoms. The van der Waals surface area contributed by atoms with Gasteiger partial charge in [-0.3, -0.25) is 0 Å². The fourth-order valence-corrected chi connectivity index (χ4v) is 14.9. The van der Waals surface area contributed by atoms with E-state index in [4.69, 9.17) is 0 Å². The van der Waals surface area contributed by atoms with E-state index in [-0.39, 0.29) is 0 Å². The van der Waals surface area contributed by atoms with Crippen molar-refractivity contribution in [2.75, 3.05) is 4.98 Å². The van der Waals surface area contributed by atoms with E-state index in [1.165, 1.54) is 44.2 Å². The van der Waals surface area contributed by atoms with Crippen LogP contribution in [0.1, 0.15) is 52.4 Å². The Morgan fingerprint density at radius 1 is 0.893 bits per heavy atom. The van der Waals surface area contributed by atoms with Crippen molar-refractivity contribution in [2.24, 2.45) is 35.5 Å². The molecule has 4 aliphatic rings. The van der Waals surface area contributed by atoms with Crippen molar-refractivity contribution in [1.29, 1.82) is 0 Å². The molecule has 1 heterocycles. The number of fused-ring (bicyclic) bond motifs is 5. The lowest BCUT2D eigenvalue weighted by Crippen LogP contribution is -2.48. The van der Waals surface area contributed by atoms with Gasteiger partial charge in [-0.25, -0.2) is 0 Å². The second-order valence-electron chi connectivity index (χ2n) is 11.2. The molecule has 1 aromatic carbocycles. The van der Waals surface area contributed by atoms with Crippen molar-refractivity contribution < 1.29 is 0 Å². The average Bonchev–Trinajstić information content (AvgIpc) is 3.17. The van der Waals surface area contributed by atoms with Gasteiger partial charge < -0.3 is 4.98 Å². The molecule has 3 saturated carbocycles. The highest BCUT2D eigenvalue weighted by Gasteiger charge is 2.63. The standard InChI is InChI=1S/C25H39NSSi/c1-16-14-20-21(15-17(16)2)25(28(3,4)26-18-10-6-5-7-11-18)24-23(20)19-12-8-9-13-22(19)27-24/h5-7,10-11,16-17,19-26H,8-9,12-15H2,1-4H3. The van der Waals surface area contributed by atoms with Crippen molar-refractivity contribution in [2.45, 2.75) is 81.5 Å². The van der Waals surface area contributed by atoms with Crippen LogP contribution >= 0.6 is 11.8 Å². The van der Waals surface area contributed by atoms with Crippen LogP contribution in [0.4, 0.5) is 5.69 Å². The van der Waals surface area contributed by atoms with Gasteiger partial charge >= 0.3 is 0 Å². The molecule has 3 heteroatoms. The molecule has 4 fully saturated rings. The lowest BCUT2D eigenvalue weighted by molar-refractivity contribution is 0.101. The fraction of sp³-hybridized carbons (Fsp3) is 0.760. The van der Waals surface area contributed by atoms with Crippen LogP contribution < -0.4 is 4.98 Å². The number of anilines is 1. The highest BCUT2D eigenvalue weighted by Crippen LogP contribution is 2.68. The molecule has 0 aromatic heterocycles. The van der Waals surface area contributed by atoms with E-state index in [1.54, 1.807) is 0 Å². The largest absolute Gasteiger partial charge is 0.410 e. The zero-order valence-corrected chi connectivity index (χ0v) is 20.1. The van der Waals surface area contributed by atoms with Gasteiger partial charge in [0, 0.05) is 16.2 Å². The fourth-order valence-electron chi connectivity index (χ4n) is 7.85. The van der Waals surface area contributed by atoms with Crippen LogP contribution in [-0.4, -0.2) is 18.7 Å². The van der Waals surface area contributed by atoms with E-state index in [0.717, 1.165) is 51.5 Å². The Hall–Kier alpha value is -0.413. The predicted octanol–water partition coefficient (Wildman–Crippen LogP) is 7.28. The summed E-state index contributed by atoms with van der Waals surface area (Å²) in [6.45, 7) is 10.4. The van der Waals surface area contributed by atoms with E-state index in [1.807, 2.05) is 0 Å². The first-order valence-electron chi connectivity index (χ1n) is 11.9. The van der Waals surface area contributed by atoms with E-state index >= 15 is 0 Å². The molecule has 0 radical (unpaired) electrons. The third-order valence-electron chi connectivity index (χ3n) is 9.15. The summed E-state index contributed by atoms with van der Waals surface area (Å²) in [5, 5.41) is 1.93. The molecule has 9 unspecified atom stereocenters. The normalized spacial score (nSPS) is 45.2. The lowest BCUT2D eigenvalue weighted by atomic mass is 9.65. The molecule has 0 amide bonds. The lowest BCUT2D eigenvalue weighted by Gasteiger charge is -2.44. The molecular formula is C25H39NSSi. The van der Waals surface area contributed by atoms with E-state index in [2.05, 4.69) is 74.0 Å². The van der Waals surface area contributed by atoms with Crippen molar-refractivity contribution >= 4 is 25.7 Å². The number of rotatable bonds is 3. The summed E-state index contributed by atoms with van der Waals surface area (Å²) >= 11 is 2.47. The molecule has 1 N–H and O–H groups in total. The quantitative estimate of drug-likeness (QED) is 0.523. The van der Waals surface area contributed by atoms with Gasteiger partial charge in [0.15, 0.2) is 8.24 Å². The minimum absolute atomic E-state index is 0.913. The van der Waals surface area contributed by atoms with Crippen molar-refractivity contribution in [3.8, 4) is 0 Å². The Kier molecular flexibility index (Phi) is 5.15. The van der Waals surface area contributed by atoms with Crippen LogP contribution in [0.3, 0.4) is 0 Å². The molecule has 154 valence electrons. The van der Waals surface area contributed by atoms with Crippen molar-refractivity contribution in [3.63, 3.8) is 0 Å². The summed E-state index contributed by atoms with van der Waals surface area (Å²) in [7, 11) is -1.59. The summed E-state index contributed by atoms with van der Waals surface area (Å²) in [5.41, 5.74) is 2.30. The third kappa shape index (κ3) is 3.19. The van der Waals surface area contributed by atoms with Gasteiger partial charge in [-0.1, -0.05) is 58.0 Å². The molecular weight excluding hydrogens is 374 g/mol. The Balaban J connectivity index is 1.48. The number of hydrogen-bond donors (Lipinski definition) is 1. The highest BCUT2D eigenvalue weighted by molar-refractivity contribution is 8.01. The van der Waals surface area contributed by atoms with Gasteiger partial charge in [-0.15, -0.1) is 0 Å². The molecule has 1 aliphatic heterocycles. The molecule has 1 nitrogen and oxygen atoms in total. The molecule has 0 spiro atoms. The smallest absolute Gasteiger partial charge is 0.151 e. The van der Waals surface area contributed by atoms with Crippen LogP contribution in [0.5, 0.6) is 0 Å². The first-order valence-corrected chi connectivity index (χ1v) is 16.0. The van der Waals surface area contributed by atoms with Crippen molar-refractivity contribution in [3.05, 3.63) is 30.3 Å². The van der Waals surface area contributed by atoms with Crippen LogP contribution in [0, 0.1) is 35.5 Å². The summed E-state index contributed by atoms with van der Waals surface area (Å²) in [5.74, 6) is 5.92. The van der Waals surface area contributed by atoms with Gasteiger partial charge in [0.2, 0.25) is 0 Å². The average molecular weight is 414 g/mol. The van der Waals surface area contributed by atoms with Crippen LogP contribution in [0.2, 0.25) is 18.6 Å². The minimum Gasteiger partial charge on any atom is -0.410 e. The molecule has 9 atom stereocenters. The molecule has 3 aliphatic carbocycles.